The lowest BCUT2D eigenvalue weighted by atomic mass is 10.1. The van der Waals surface area contributed by atoms with E-state index in [1.165, 1.54) is 16.8 Å². The standard InChI is InChI=1S/C29H26N4O5S/c1-2-35-25-18-20(13-14-24(25)37-16-15-36-21-9-5-3-6-10-21)17-23-27(30)33-29(31-28(23)34)39-26(32-33)19-38-22-11-7-4-8-12-22/h3-14,17-18,30H,2,15-16,19H2,1H3/b23-17-,30-27?. The van der Waals surface area contributed by atoms with Crippen molar-refractivity contribution < 1.29 is 23.7 Å². The quantitative estimate of drug-likeness (QED) is 0.261. The van der Waals surface area contributed by atoms with E-state index in [2.05, 4.69) is 10.1 Å². The Morgan fingerprint density at radius 2 is 1.56 bits per heavy atom. The molecule has 0 aliphatic carbocycles. The lowest BCUT2D eigenvalue weighted by Gasteiger charge is -2.20. The predicted octanol–water partition coefficient (Wildman–Crippen LogP) is 5.24. The minimum Gasteiger partial charge on any atom is -0.490 e. The summed E-state index contributed by atoms with van der Waals surface area (Å²) in [6.07, 6.45) is 1.61. The van der Waals surface area contributed by atoms with E-state index in [-0.39, 0.29) is 18.0 Å². The van der Waals surface area contributed by atoms with E-state index in [1.807, 2.05) is 67.6 Å². The predicted molar refractivity (Wildman–Crippen MR) is 152 cm³/mol. The summed E-state index contributed by atoms with van der Waals surface area (Å²) >= 11 is 1.21. The third kappa shape index (κ3) is 6.47. The molecule has 0 unspecified atom stereocenters. The molecule has 198 valence electrons. The number of hydrogen-bond acceptors (Lipinski definition) is 8. The molecular weight excluding hydrogens is 516 g/mol. The molecule has 3 aromatic rings. The monoisotopic (exact) mass is 542 g/mol. The molecule has 39 heavy (non-hydrogen) atoms. The second kappa shape index (κ2) is 12.3. The van der Waals surface area contributed by atoms with Gasteiger partial charge in [0.15, 0.2) is 17.3 Å². The number of hydrogen-bond donors (Lipinski definition) is 1. The Morgan fingerprint density at radius 1 is 0.872 bits per heavy atom. The molecule has 0 atom stereocenters. The number of benzene rings is 3. The molecule has 0 bridgehead atoms. The Kier molecular flexibility index (Phi) is 8.23. The summed E-state index contributed by atoms with van der Waals surface area (Å²) in [6.45, 7) is 3.23. The second-order valence-electron chi connectivity index (χ2n) is 8.26. The minimum absolute atomic E-state index is 0.0523. The van der Waals surface area contributed by atoms with Crippen LogP contribution in [0.25, 0.3) is 6.08 Å². The maximum atomic E-state index is 12.8. The van der Waals surface area contributed by atoms with Gasteiger partial charge >= 0.3 is 0 Å². The van der Waals surface area contributed by atoms with Crippen molar-refractivity contribution in [2.45, 2.75) is 6.92 Å². The van der Waals surface area contributed by atoms with E-state index in [0.717, 1.165) is 5.75 Å². The number of aliphatic imine (C=N–C) groups is 1. The van der Waals surface area contributed by atoms with E-state index >= 15 is 0 Å². The fourth-order valence-electron chi connectivity index (χ4n) is 3.75. The molecule has 0 radical (unpaired) electrons. The molecule has 0 fully saturated rings. The fraction of sp³-hybridized carbons (Fsp3) is 0.172. The van der Waals surface area contributed by atoms with Crippen LogP contribution in [0.15, 0.2) is 94.5 Å². The topological polar surface area (TPSA) is 106 Å². The van der Waals surface area contributed by atoms with Gasteiger partial charge in [-0.3, -0.25) is 10.2 Å². The number of thioether (sulfide) groups is 1. The number of amidine groups is 2. The lowest BCUT2D eigenvalue weighted by Crippen LogP contribution is -2.35. The first-order valence-electron chi connectivity index (χ1n) is 12.3. The molecule has 2 heterocycles. The van der Waals surface area contributed by atoms with Crippen molar-refractivity contribution in [2.24, 2.45) is 10.1 Å². The van der Waals surface area contributed by atoms with Crippen LogP contribution in [0.4, 0.5) is 0 Å². The molecule has 0 saturated carbocycles. The fourth-order valence-corrected chi connectivity index (χ4v) is 4.55. The number of para-hydroxylation sites is 2. The zero-order valence-electron chi connectivity index (χ0n) is 21.2. The van der Waals surface area contributed by atoms with Gasteiger partial charge in [-0.15, -0.1) is 0 Å². The van der Waals surface area contributed by atoms with Crippen molar-refractivity contribution in [2.75, 3.05) is 26.4 Å². The zero-order valence-corrected chi connectivity index (χ0v) is 22.0. The first-order chi connectivity index (χ1) is 19.1. The van der Waals surface area contributed by atoms with Gasteiger partial charge in [-0.1, -0.05) is 42.5 Å². The molecular formula is C29H26N4O5S. The summed E-state index contributed by atoms with van der Waals surface area (Å²) in [5.74, 6) is 2.01. The van der Waals surface area contributed by atoms with E-state index in [9.17, 15) is 4.79 Å². The van der Waals surface area contributed by atoms with E-state index in [0.29, 0.717) is 52.8 Å². The van der Waals surface area contributed by atoms with E-state index in [1.54, 1.807) is 24.3 Å². The Morgan fingerprint density at radius 3 is 2.28 bits per heavy atom. The summed E-state index contributed by atoms with van der Waals surface area (Å²) < 4.78 is 23.1. The second-order valence-corrected chi connectivity index (χ2v) is 9.31. The van der Waals surface area contributed by atoms with Crippen LogP contribution < -0.4 is 18.9 Å². The van der Waals surface area contributed by atoms with Crippen LogP contribution in [-0.4, -0.2) is 53.4 Å². The number of carbonyl (C=O) groups excluding carboxylic acids is 1. The van der Waals surface area contributed by atoms with Gasteiger partial charge in [0.1, 0.15) is 36.4 Å². The van der Waals surface area contributed by atoms with Gasteiger partial charge in [-0.2, -0.15) is 15.1 Å². The molecule has 0 saturated heterocycles. The lowest BCUT2D eigenvalue weighted by molar-refractivity contribution is -0.114. The van der Waals surface area contributed by atoms with Crippen LogP contribution in [0, 0.1) is 5.41 Å². The maximum Gasteiger partial charge on any atom is 0.283 e. The highest BCUT2D eigenvalue weighted by atomic mass is 32.2. The van der Waals surface area contributed by atoms with Crippen LogP contribution in [0.3, 0.4) is 0 Å². The third-order valence-corrected chi connectivity index (χ3v) is 6.42. The molecule has 1 N–H and O–H groups in total. The normalized spacial score (nSPS) is 15.5. The Hall–Kier alpha value is -4.57. The van der Waals surface area contributed by atoms with Crippen LogP contribution in [0.5, 0.6) is 23.0 Å². The van der Waals surface area contributed by atoms with Gasteiger partial charge in [-0.05, 0) is 66.7 Å². The van der Waals surface area contributed by atoms with Crippen molar-refractivity contribution in [3.63, 3.8) is 0 Å². The van der Waals surface area contributed by atoms with Gasteiger partial charge in [-0.25, -0.2) is 0 Å². The average Bonchev–Trinajstić information content (AvgIpc) is 3.37. The number of ether oxygens (including phenoxy) is 4. The largest absolute Gasteiger partial charge is 0.490 e. The third-order valence-electron chi connectivity index (χ3n) is 5.53. The molecule has 1 amide bonds. The summed E-state index contributed by atoms with van der Waals surface area (Å²) in [4.78, 5) is 17.0. The van der Waals surface area contributed by atoms with Crippen LogP contribution >= 0.6 is 11.8 Å². The summed E-state index contributed by atoms with van der Waals surface area (Å²) in [6, 6.07) is 24.2. The smallest absolute Gasteiger partial charge is 0.283 e. The highest BCUT2D eigenvalue weighted by molar-refractivity contribution is 8.27. The summed E-state index contributed by atoms with van der Waals surface area (Å²) in [7, 11) is 0. The number of nitrogens with zero attached hydrogens (tertiary/aromatic N) is 3. The van der Waals surface area contributed by atoms with Crippen molar-refractivity contribution in [3.05, 3.63) is 90.0 Å². The first kappa shape index (κ1) is 26.1. The SMILES string of the molecule is CCOc1cc(/C=C2/C(=N)N3N=C(COc4ccccc4)SC3=NC2=O)ccc1OCCOc1ccccc1. The van der Waals surface area contributed by atoms with Crippen molar-refractivity contribution in [1.82, 2.24) is 5.01 Å². The van der Waals surface area contributed by atoms with Gasteiger partial charge in [0, 0.05) is 0 Å². The van der Waals surface area contributed by atoms with Gasteiger partial charge in [0.05, 0.1) is 12.2 Å². The highest BCUT2D eigenvalue weighted by Crippen LogP contribution is 2.32. The first-order valence-corrected chi connectivity index (χ1v) is 13.2. The van der Waals surface area contributed by atoms with Crippen LogP contribution in [0.2, 0.25) is 0 Å². The average molecular weight is 543 g/mol. The van der Waals surface area contributed by atoms with Crippen molar-refractivity contribution >= 4 is 39.8 Å². The Bertz CT molecular complexity index is 1440. The molecule has 9 nitrogen and oxygen atoms in total. The zero-order chi connectivity index (χ0) is 27.0. The van der Waals surface area contributed by atoms with Crippen molar-refractivity contribution in [3.8, 4) is 23.0 Å². The molecule has 5 rings (SSSR count). The minimum atomic E-state index is -0.504. The van der Waals surface area contributed by atoms with Gasteiger partial charge in [0.25, 0.3) is 5.91 Å². The van der Waals surface area contributed by atoms with E-state index < -0.39 is 5.91 Å². The number of carbonyl (C=O) groups is 1. The number of rotatable bonds is 11. The number of fused-ring (bicyclic) bond motifs is 1. The van der Waals surface area contributed by atoms with Crippen molar-refractivity contribution in [1.29, 1.82) is 5.41 Å². The molecule has 2 aliphatic rings. The molecule has 2 aliphatic heterocycles. The van der Waals surface area contributed by atoms with Crippen LogP contribution in [0.1, 0.15) is 12.5 Å². The molecule has 0 aromatic heterocycles. The molecule has 10 heteroatoms. The highest BCUT2D eigenvalue weighted by Gasteiger charge is 2.35. The summed E-state index contributed by atoms with van der Waals surface area (Å²) in [5.41, 5.74) is 0.794. The number of hydrazone groups is 1. The van der Waals surface area contributed by atoms with E-state index in [4.69, 9.17) is 24.4 Å². The number of amides is 1. The Balaban J connectivity index is 1.26. The summed E-state index contributed by atoms with van der Waals surface area (Å²) in [5, 5.41) is 15.4. The van der Waals surface area contributed by atoms with Gasteiger partial charge < -0.3 is 18.9 Å². The van der Waals surface area contributed by atoms with Gasteiger partial charge in [0.2, 0.25) is 5.17 Å². The maximum absolute atomic E-state index is 12.8. The van der Waals surface area contributed by atoms with Crippen LogP contribution in [-0.2, 0) is 4.79 Å². The molecule has 0 spiro atoms. The number of nitrogens with one attached hydrogen (secondary N) is 1. The molecule has 3 aromatic carbocycles. The Labute approximate surface area is 230 Å².